The van der Waals surface area contributed by atoms with Gasteiger partial charge < -0.3 is 14.9 Å². The number of benzene rings is 1. The molecule has 1 aromatic rings. The Morgan fingerprint density at radius 1 is 1.19 bits per heavy atom. The van der Waals surface area contributed by atoms with Crippen LogP contribution in [0.4, 0.5) is 0 Å². The molecule has 1 N–H and O–H groups in total. The van der Waals surface area contributed by atoms with Gasteiger partial charge in [0.05, 0.1) is 5.56 Å². The molecular weight excluding hydrogens is 272 g/mol. The van der Waals surface area contributed by atoms with Crippen molar-refractivity contribution in [1.29, 1.82) is 0 Å². The van der Waals surface area contributed by atoms with Crippen LogP contribution in [-0.2, 0) is 4.79 Å². The zero-order chi connectivity index (χ0) is 15.8. The molecule has 1 saturated heterocycles. The van der Waals surface area contributed by atoms with E-state index < -0.39 is 11.5 Å². The van der Waals surface area contributed by atoms with Gasteiger partial charge in [-0.2, -0.15) is 0 Å². The number of carbonyl (C=O) groups is 3. The van der Waals surface area contributed by atoms with Crippen LogP contribution in [-0.4, -0.2) is 58.4 Å². The second kappa shape index (κ2) is 5.20. The molecule has 0 bridgehead atoms. The third-order valence-corrected chi connectivity index (χ3v) is 3.81. The average molecular weight is 290 g/mol. The molecule has 0 aliphatic carbocycles. The minimum Gasteiger partial charge on any atom is -0.478 e. The molecule has 0 spiro atoms. The minimum atomic E-state index is -1.08. The Balaban J connectivity index is 2.33. The number of hydrogen-bond acceptors (Lipinski definition) is 3. The maximum absolute atomic E-state index is 12.6. The predicted octanol–water partition coefficient (Wildman–Crippen LogP) is 1.08. The number of carboxylic acids is 1. The van der Waals surface area contributed by atoms with Crippen LogP contribution in [0.3, 0.4) is 0 Å². The Hall–Kier alpha value is -2.37. The lowest BCUT2D eigenvalue weighted by Crippen LogP contribution is -2.63. The first-order valence-electron chi connectivity index (χ1n) is 6.66. The third kappa shape index (κ3) is 2.61. The van der Waals surface area contributed by atoms with E-state index in [9.17, 15) is 14.4 Å². The summed E-state index contributed by atoms with van der Waals surface area (Å²) in [5.74, 6) is -1.54. The third-order valence-electron chi connectivity index (χ3n) is 3.81. The van der Waals surface area contributed by atoms with Crippen molar-refractivity contribution in [2.75, 3.05) is 20.1 Å². The maximum Gasteiger partial charge on any atom is 0.335 e. The second-order valence-corrected chi connectivity index (χ2v) is 5.63. The van der Waals surface area contributed by atoms with Gasteiger partial charge in [0.25, 0.3) is 5.91 Å². The van der Waals surface area contributed by atoms with Crippen LogP contribution in [0.2, 0.25) is 0 Å². The summed E-state index contributed by atoms with van der Waals surface area (Å²) in [6.07, 6.45) is 0. The topological polar surface area (TPSA) is 77.9 Å². The number of hydrogen-bond donors (Lipinski definition) is 1. The van der Waals surface area contributed by atoms with E-state index in [1.54, 1.807) is 31.9 Å². The van der Waals surface area contributed by atoms with Gasteiger partial charge in [0.15, 0.2) is 0 Å². The zero-order valence-corrected chi connectivity index (χ0v) is 12.3. The lowest BCUT2D eigenvalue weighted by molar-refractivity contribution is -0.144. The van der Waals surface area contributed by atoms with Crippen LogP contribution < -0.4 is 0 Å². The van der Waals surface area contributed by atoms with Crippen molar-refractivity contribution in [3.05, 3.63) is 35.4 Å². The first kappa shape index (κ1) is 15.0. The quantitative estimate of drug-likeness (QED) is 0.884. The van der Waals surface area contributed by atoms with Gasteiger partial charge in [-0.3, -0.25) is 9.59 Å². The summed E-state index contributed by atoms with van der Waals surface area (Å²) in [6.45, 7) is 4.28. The summed E-state index contributed by atoms with van der Waals surface area (Å²) < 4.78 is 0. The van der Waals surface area contributed by atoms with Crippen molar-refractivity contribution < 1.29 is 19.5 Å². The fourth-order valence-electron chi connectivity index (χ4n) is 2.51. The van der Waals surface area contributed by atoms with Gasteiger partial charge in [-0.15, -0.1) is 0 Å². The predicted molar refractivity (Wildman–Crippen MR) is 76.2 cm³/mol. The standard InChI is InChI=1S/C15H18N2O4/c1-15(2)14(21)16(3)7-8-17(15)12(18)10-5-4-6-11(9-10)13(19)20/h4-6,9H,7-8H2,1-3H3,(H,19,20). The van der Waals surface area contributed by atoms with Crippen molar-refractivity contribution in [2.45, 2.75) is 19.4 Å². The number of carboxylic acid groups (broad SMARTS) is 1. The highest BCUT2D eigenvalue weighted by atomic mass is 16.4. The van der Waals surface area contributed by atoms with E-state index >= 15 is 0 Å². The van der Waals surface area contributed by atoms with Crippen molar-refractivity contribution >= 4 is 17.8 Å². The molecule has 0 saturated carbocycles. The van der Waals surface area contributed by atoms with E-state index in [4.69, 9.17) is 5.11 Å². The van der Waals surface area contributed by atoms with E-state index in [2.05, 4.69) is 0 Å². The Morgan fingerprint density at radius 2 is 1.81 bits per heavy atom. The smallest absolute Gasteiger partial charge is 0.335 e. The van der Waals surface area contributed by atoms with E-state index in [1.165, 1.54) is 23.1 Å². The van der Waals surface area contributed by atoms with E-state index in [1.807, 2.05) is 0 Å². The first-order valence-corrected chi connectivity index (χ1v) is 6.66. The molecule has 1 fully saturated rings. The number of amides is 2. The highest BCUT2D eigenvalue weighted by Gasteiger charge is 2.43. The highest BCUT2D eigenvalue weighted by molar-refractivity contribution is 6.01. The van der Waals surface area contributed by atoms with Crippen LogP contribution in [0.5, 0.6) is 0 Å². The molecule has 0 unspecified atom stereocenters. The SMILES string of the molecule is CN1CCN(C(=O)c2cccc(C(=O)O)c2)C(C)(C)C1=O. The molecule has 2 amide bonds. The number of aromatic carboxylic acids is 1. The Labute approximate surface area is 123 Å². The Kier molecular flexibility index (Phi) is 3.72. The van der Waals surface area contributed by atoms with Crippen molar-refractivity contribution in [3.63, 3.8) is 0 Å². The molecule has 1 heterocycles. The largest absolute Gasteiger partial charge is 0.478 e. The Morgan fingerprint density at radius 3 is 2.43 bits per heavy atom. The maximum atomic E-state index is 12.6. The molecule has 1 aromatic carbocycles. The molecule has 0 aromatic heterocycles. The number of nitrogens with zero attached hydrogens (tertiary/aromatic N) is 2. The molecule has 1 aliphatic rings. The van der Waals surface area contributed by atoms with Gasteiger partial charge in [0.2, 0.25) is 5.91 Å². The van der Waals surface area contributed by atoms with Gasteiger partial charge in [-0.1, -0.05) is 6.07 Å². The van der Waals surface area contributed by atoms with Crippen LogP contribution in [0, 0.1) is 0 Å². The Bertz CT molecular complexity index is 609. The van der Waals surface area contributed by atoms with Crippen molar-refractivity contribution in [2.24, 2.45) is 0 Å². The van der Waals surface area contributed by atoms with Crippen LogP contribution in [0.25, 0.3) is 0 Å². The zero-order valence-electron chi connectivity index (χ0n) is 12.3. The monoisotopic (exact) mass is 290 g/mol. The fourth-order valence-corrected chi connectivity index (χ4v) is 2.51. The van der Waals surface area contributed by atoms with E-state index in [-0.39, 0.29) is 22.9 Å². The number of carbonyl (C=O) groups excluding carboxylic acids is 2. The highest BCUT2D eigenvalue weighted by Crippen LogP contribution is 2.24. The van der Waals surface area contributed by atoms with Crippen molar-refractivity contribution in [1.82, 2.24) is 9.80 Å². The van der Waals surface area contributed by atoms with Crippen molar-refractivity contribution in [3.8, 4) is 0 Å². The molecule has 1 aliphatic heterocycles. The van der Waals surface area contributed by atoms with Gasteiger partial charge in [0, 0.05) is 25.7 Å². The van der Waals surface area contributed by atoms with Gasteiger partial charge in [-0.25, -0.2) is 4.79 Å². The van der Waals surface area contributed by atoms with Crippen LogP contribution in [0.1, 0.15) is 34.6 Å². The molecule has 2 rings (SSSR count). The van der Waals surface area contributed by atoms with Gasteiger partial charge in [0.1, 0.15) is 5.54 Å². The second-order valence-electron chi connectivity index (χ2n) is 5.63. The lowest BCUT2D eigenvalue weighted by atomic mass is 9.96. The minimum absolute atomic E-state index is 0.0547. The summed E-state index contributed by atoms with van der Waals surface area (Å²) >= 11 is 0. The molecule has 112 valence electrons. The average Bonchev–Trinajstić information content (AvgIpc) is 2.44. The molecule has 6 nitrogen and oxygen atoms in total. The number of rotatable bonds is 2. The van der Waals surface area contributed by atoms with E-state index in [0.717, 1.165) is 0 Å². The summed E-state index contributed by atoms with van der Waals surface area (Å²) in [7, 11) is 1.71. The fraction of sp³-hybridized carbons (Fsp3) is 0.400. The molecule has 0 atom stereocenters. The number of likely N-dealkylation sites (N-methyl/N-ethyl adjacent to an activating group) is 1. The van der Waals surface area contributed by atoms with Gasteiger partial charge >= 0.3 is 5.97 Å². The van der Waals surface area contributed by atoms with E-state index in [0.29, 0.717) is 13.1 Å². The molecular formula is C15H18N2O4. The molecule has 6 heteroatoms. The van der Waals surface area contributed by atoms with Crippen LogP contribution >= 0.6 is 0 Å². The first-order chi connectivity index (χ1) is 9.75. The van der Waals surface area contributed by atoms with Crippen LogP contribution in [0.15, 0.2) is 24.3 Å². The normalized spacial score (nSPS) is 17.8. The summed E-state index contributed by atoms with van der Waals surface area (Å²) in [4.78, 5) is 38.9. The summed E-state index contributed by atoms with van der Waals surface area (Å²) in [6, 6.07) is 5.86. The summed E-state index contributed by atoms with van der Waals surface area (Å²) in [5.41, 5.74) is -0.608. The molecule has 0 radical (unpaired) electrons. The molecule has 21 heavy (non-hydrogen) atoms. The summed E-state index contributed by atoms with van der Waals surface area (Å²) in [5, 5.41) is 9.00. The lowest BCUT2D eigenvalue weighted by Gasteiger charge is -2.44. The number of piperazine rings is 1. The van der Waals surface area contributed by atoms with Gasteiger partial charge in [-0.05, 0) is 32.0 Å².